The first kappa shape index (κ1) is 28.8. The standard InChI is InChI=1S/C28H38N6O4/c1-3-17-28(27(37)31-29,18-22-13-8-5-9-14-22)25(35)24(34-20-33(2)19-30-34)23(26(36)32-38)16-10-15-21-11-6-4-7-12-21/h4-9,11-14,19,23-24,38H,3,10,15-18,20,29H2,1-2H3,(H,31,37)(H,32,36)/t23-,24+,28?/m0/s1. The molecule has 1 aliphatic rings. The molecule has 0 fully saturated rings. The van der Waals surface area contributed by atoms with Crippen LogP contribution in [-0.4, -0.2) is 58.8 Å². The minimum atomic E-state index is -1.54. The van der Waals surface area contributed by atoms with Crippen molar-refractivity contribution >= 4 is 23.9 Å². The van der Waals surface area contributed by atoms with Crippen LogP contribution in [-0.2, 0) is 27.2 Å². The predicted molar refractivity (Wildman–Crippen MR) is 144 cm³/mol. The number of ketones is 1. The third-order valence-corrected chi connectivity index (χ3v) is 7.07. The van der Waals surface area contributed by atoms with Crippen molar-refractivity contribution in [2.45, 2.75) is 51.5 Å². The van der Waals surface area contributed by atoms with Crippen molar-refractivity contribution in [1.29, 1.82) is 0 Å². The maximum atomic E-state index is 14.6. The van der Waals surface area contributed by atoms with Gasteiger partial charge in [-0.3, -0.25) is 30.0 Å². The first-order chi connectivity index (χ1) is 18.4. The molecule has 1 aliphatic heterocycles. The Balaban J connectivity index is 2.03. The highest BCUT2D eigenvalue weighted by Crippen LogP contribution is 2.36. The maximum Gasteiger partial charge on any atom is 0.249 e. The number of nitrogens with one attached hydrogen (secondary N) is 2. The molecule has 1 heterocycles. The van der Waals surface area contributed by atoms with Gasteiger partial charge >= 0.3 is 0 Å². The van der Waals surface area contributed by atoms with Crippen molar-refractivity contribution in [2.75, 3.05) is 13.7 Å². The number of Topliss-reactive ketones (excluding diaryl/α,β-unsaturated/α-hetero) is 1. The number of carbonyl (C=O) groups is 3. The summed E-state index contributed by atoms with van der Waals surface area (Å²) in [5.41, 5.74) is 4.32. The number of carbonyl (C=O) groups excluding carboxylic acids is 3. The minimum Gasteiger partial charge on any atom is -0.345 e. The SMILES string of the molecule is CCCC(Cc1ccccc1)(C(=O)NN)C(=O)[C@@H]([C@H](CCCc1ccccc1)C(=O)NO)N1CN(C)C=N1. The van der Waals surface area contributed by atoms with E-state index in [1.165, 1.54) is 5.01 Å². The van der Waals surface area contributed by atoms with Gasteiger partial charge in [0, 0.05) is 7.05 Å². The Morgan fingerprint density at radius 3 is 2.24 bits per heavy atom. The lowest BCUT2D eigenvalue weighted by atomic mass is 9.69. The number of hydrogen-bond donors (Lipinski definition) is 4. The van der Waals surface area contributed by atoms with Crippen molar-refractivity contribution in [3.05, 3.63) is 71.8 Å². The molecule has 0 bridgehead atoms. The quantitative estimate of drug-likeness (QED) is 0.0981. The summed E-state index contributed by atoms with van der Waals surface area (Å²) in [5, 5.41) is 15.6. The highest BCUT2D eigenvalue weighted by Gasteiger charge is 2.52. The van der Waals surface area contributed by atoms with Crippen molar-refractivity contribution in [2.24, 2.45) is 22.3 Å². The molecule has 0 aromatic heterocycles. The summed E-state index contributed by atoms with van der Waals surface area (Å²) in [5.74, 6) is 2.92. The van der Waals surface area contributed by atoms with Gasteiger partial charge < -0.3 is 4.90 Å². The van der Waals surface area contributed by atoms with Crippen LogP contribution >= 0.6 is 0 Å². The Kier molecular flexibility index (Phi) is 10.4. The Labute approximate surface area is 223 Å². The van der Waals surface area contributed by atoms with Crippen LogP contribution in [0.25, 0.3) is 0 Å². The van der Waals surface area contributed by atoms with Gasteiger partial charge in [0.25, 0.3) is 0 Å². The molecule has 2 aromatic carbocycles. The van der Waals surface area contributed by atoms with Gasteiger partial charge in [0.1, 0.15) is 24.5 Å². The molecule has 0 saturated heterocycles. The van der Waals surface area contributed by atoms with Crippen molar-refractivity contribution < 1.29 is 19.6 Å². The van der Waals surface area contributed by atoms with Gasteiger partial charge in [0.05, 0.1) is 5.92 Å². The number of hydrazine groups is 1. The molecule has 0 spiro atoms. The van der Waals surface area contributed by atoms with Crippen LogP contribution in [0.5, 0.6) is 0 Å². The van der Waals surface area contributed by atoms with E-state index < -0.39 is 35.0 Å². The van der Waals surface area contributed by atoms with Crippen molar-refractivity contribution in [3.63, 3.8) is 0 Å². The Morgan fingerprint density at radius 1 is 1.08 bits per heavy atom. The highest BCUT2D eigenvalue weighted by atomic mass is 16.5. The zero-order chi connectivity index (χ0) is 27.5. The molecule has 3 atom stereocenters. The normalized spacial score (nSPS) is 16.0. The monoisotopic (exact) mass is 522 g/mol. The Morgan fingerprint density at radius 2 is 1.71 bits per heavy atom. The molecular weight excluding hydrogens is 484 g/mol. The molecule has 5 N–H and O–H groups in total. The summed E-state index contributed by atoms with van der Waals surface area (Å²) >= 11 is 0. The van der Waals surface area contributed by atoms with E-state index in [1.54, 1.807) is 23.8 Å². The van der Waals surface area contributed by atoms with Gasteiger partial charge in [0.15, 0.2) is 5.78 Å². The van der Waals surface area contributed by atoms with Gasteiger partial charge in [-0.15, -0.1) is 0 Å². The topological polar surface area (TPSA) is 140 Å². The molecule has 0 saturated carbocycles. The third-order valence-electron chi connectivity index (χ3n) is 7.07. The first-order valence-corrected chi connectivity index (χ1v) is 12.9. The van der Waals surface area contributed by atoms with Gasteiger partial charge in [-0.05, 0) is 43.2 Å². The summed E-state index contributed by atoms with van der Waals surface area (Å²) in [6, 6.07) is 18.0. The lowest BCUT2D eigenvalue weighted by Crippen LogP contribution is -2.59. The summed E-state index contributed by atoms with van der Waals surface area (Å²) < 4.78 is 0. The Hall–Kier alpha value is -3.76. The van der Waals surface area contributed by atoms with Gasteiger partial charge in [-0.2, -0.15) is 5.10 Å². The number of benzene rings is 2. The number of nitrogens with zero attached hydrogens (tertiary/aromatic N) is 3. The number of nitrogens with two attached hydrogens (primary N) is 1. The molecule has 10 nitrogen and oxygen atoms in total. The van der Waals surface area contributed by atoms with E-state index in [1.807, 2.05) is 67.6 Å². The molecule has 10 heteroatoms. The average Bonchev–Trinajstić information content (AvgIpc) is 3.37. The number of aryl methyl sites for hydroxylation is 1. The van der Waals surface area contributed by atoms with E-state index >= 15 is 0 Å². The first-order valence-electron chi connectivity index (χ1n) is 12.9. The van der Waals surface area contributed by atoms with E-state index in [2.05, 4.69) is 10.5 Å². The van der Waals surface area contributed by atoms with Crippen LogP contribution in [0, 0.1) is 11.3 Å². The average molecular weight is 523 g/mol. The molecule has 0 radical (unpaired) electrons. The zero-order valence-corrected chi connectivity index (χ0v) is 22.0. The fourth-order valence-electron chi connectivity index (χ4n) is 5.22. The fourth-order valence-corrected chi connectivity index (χ4v) is 5.22. The molecule has 1 unspecified atom stereocenters. The van der Waals surface area contributed by atoms with E-state index in [0.717, 1.165) is 11.1 Å². The highest BCUT2D eigenvalue weighted by molar-refractivity contribution is 6.09. The zero-order valence-electron chi connectivity index (χ0n) is 22.0. The largest absolute Gasteiger partial charge is 0.345 e. The molecular formula is C28H38N6O4. The predicted octanol–water partition coefficient (Wildman–Crippen LogP) is 2.24. The number of rotatable bonds is 14. The van der Waals surface area contributed by atoms with Crippen LogP contribution in [0.4, 0.5) is 0 Å². The lowest BCUT2D eigenvalue weighted by Gasteiger charge is -2.39. The van der Waals surface area contributed by atoms with Gasteiger partial charge in [-0.1, -0.05) is 74.0 Å². The third kappa shape index (κ3) is 6.76. The van der Waals surface area contributed by atoms with Gasteiger partial charge in [0.2, 0.25) is 11.8 Å². The number of hydrogen-bond acceptors (Lipinski definition) is 8. The van der Waals surface area contributed by atoms with E-state index in [4.69, 9.17) is 5.84 Å². The number of hydroxylamine groups is 1. The molecule has 3 rings (SSSR count). The van der Waals surface area contributed by atoms with Crippen LogP contribution in [0.1, 0.15) is 43.7 Å². The minimum absolute atomic E-state index is 0.116. The lowest BCUT2D eigenvalue weighted by molar-refractivity contribution is -0.152. The van der Waals surface area contributed by atoms with Crippen LogP contribution in [0.2, 0.25) is 0 Å². The van der Waals surface area contributed by atoms with E-state index in [-0.39, 0.29) is 19.5 Å². The summed E-state index contributed by atoms with van der Waals surface area (Å²) in [6.45, 7) is 2.15. The molecule has 0 aliphatic carbocycles. The second-order valence-electron chi connectivity index (χ2n) is 9.81. The summed E-state index contributed by atoms with van der Waals surface area (Å²) in [4.78, 5) is 42.9. The van der Waals surface area contributed by atoms with Crippen molar-refractivity contribution in [3.8, 4) is 0 Å². The van der Waals surface area contributed by atoms with E-state index in [9.17, 15) is 19.6 Å². The van der Waals surface area contributed by atoms with Crippen molar-refractivity contribution in [1.82, 2.24) is 20.8 Å². The fraction of sp³-hybridized carbons (Fsp3) is 0.429. The van der Waals surface area contributed by atoms with Crippen LogP contribution in [0.3, 0.4) is 0 Å². The molecule has 38 heavy (non-hydrogen) atoms. The molecule has 2 aromatic rings. The maximum absolute atomic E-state index is 14.6. The van der Waals surface area contributed by atoms with Crippen LogP contribution in [0.15, 0.2) is 65.8 Å². The second-order valence-corrected chi connectivity index (χ2v) is 9.81. The summed E-state index contributed by atoms with van der Waals surface area (Å²) in [7, 11) is 1.80. The van der Waals surface area contributed by atoms with E-state index in [0.29, 0.717) is 25.7 Å². The number of hydrazone groups is 1. The molecule has 2 amide bonds. The second kappa shape index (κ2) is 13.7. The molecule has 204 valence electrons. The smallest absolute Gasteiger partial charge is 0.249 e. The van der Waals surface area contributed by atoms with Crippen LogP contribution < -0.4 is 16.7 Å². The Bertz CT molecular complexity index is 1100. The summed E-state index contributed by atoms with van der Waals surface area (Å²) in [6.07, 6.45) is 4.02. The number of amides is 2. The van der Waals surface area contributed by atoms with Gasteiger partial charge in [-0.25, -0.2) is 11.3 Å².